The normalized spacial score (nSPS) is 24.2. The van der Waals surface area contributed by atoms with E-state index >= 15 is 0 Å². The van der Waals surface area contributed by atoms with Crippen molar-refractivity contribution in [1.82, 2.24) is 5.32 Å². The third-order valence-corrected chi connectivity index (χ3v) is 2.84. The molecule has 2 nitrogen and oxygen atoms in total. The van der Waals surface area contributed by atoms with Gasteiger partial charge in [-0.2, -0.15) is 0 Å². The van der Waals surface area contributed by atoms with Gasteiger partial charge in [0.1, 0.15) is 0 Å². The molecule has 0 amide bonds. The topological polar surface area (TPSA) is 32.3 Å². The summed E-state index contributed by atoms with van der Waals surface area (Å²) in [6.45, 7) is 4.80. The van der Waals surface area contributed by atoms with Crippen LogP contribution in [0.3, 0.4) is 0 Å². The van der Waals surface area contributed by atoms with Gasteiger partial charge >= 0.3 is 0 Å². The van der Waals surface area contributed by atoms with Crippen LogP contribution in [0.15, 0.2) is 0 Å². The molecule has 0 aromatic heterocycles. The standard InChI is InChI=1S/C10H21NO/c1-8(12)7-11-9(2)10-5-3-4-6-10/h8-12H,3-7H2,1-2H3/t8?,9-/m0/s1. The van der Waals surface area contributed by atoms with Crippen molar-refractivity contribution in [2.75, 3.05) is 6.54 Å². The monoisotopic (exact) mass is 171 g/mol. The van der Waals surface area contributed by atoms with Crippen LogP contribution in [0.1, 0.15) is 39.5 Å². The van der Waals surface area contributed by atoms with Crippen LogP contribution >= 0.6 is 0 Å². The Balaban J connectivity index is 2.13. The van der Waals surface area contributed by atoms with E-state index in [9.17, 15) is 0 Å². The highest BCUT2D eigenvalue weighted by atomic mass is 16.3. The Labute approximate surface area is 75.4 Å². The minimum absolute atomic E-state index is 0.214. The van der Waals surface area contributed by atoms with Crippen molar-refractivity contribution in [2.24, 2.45) is 5.92 Å². The molecule has 0 aliphatic heterocycles. The summed E-state index contributed by atoms with van der Waals surface area (Å²) in [6, 6.07) is 0.585. The number of hydrogen-bond acceptors (Lipinski definition) is 2. The first-order valence-electron chi connectivity index (χ1n) is 5.11. The molecule has 12 heavy (non-hydrogen) atoms. The van der Waals surface area contributed by atoms with Gasteiger partial charge in [0.05, 0.1) is 6.10 Å². The Hall–Kier alpha value is -0.0800. The number of hydrogen-bond donors (Lipinski definition) is 2. The molecule has 0 spiro atoms. The van der Waals surface area contributed by atoms with Crippen LogP contribution in [0.25, 0.3) is 0 Å². The van der Waals surface area contributed by atoms with Gasteiger partial charge in [-0.25, -0.2) is 0 Å². The highest BCUT2D eigenvalue weighted by molar-refractivity contribution is 4.77. The fourth-order valence-electron chi connectivity index (χ4n) is 1.98. The second-order valence-corrected chi connectivity index (χ2v) is 4.09. The van der Waals surface area contributed by atoms with Crippen LogP contribution in [0, 0.1) is 5.92 Å². The molecular weight excluding hydrogens is 150 g/mol. The lowest BCUT2D eigenvalue weighted by atomic mass is 10.00. The summed E-state index contributed by atoms with van der Waals surface area (Å²) in [7, 11) is 0. The Morgan fingerprint density at radius 1 is 1.33 bits per heavy atom. The molecular formula is C10H21NO. The average Bonchev–Trinajstić information content (AvgIpc) is 2.51. The lowest BCUT2D eigenvalue weighted by molar-refractivity contribution is 0.181. The fraction of sp³-hybridized carbons (Fsp3) is 1.00. The third-order valence-electron chi connectivity index (χ3n) is 2.84. The Morgan fingerprint density at radius 3 is 2.42 bits per heavy atom. The molecule has 72 valence electrons. The molecule has 1 fully saturated rings. The van der Waals surface area contributed by atoms with Crippen LogP contribution in [0.2, 0.25) is 0 Å². The number of aliphatic hydroxyl groups is 1. The van der Waals surface area contributed by atoms with Gasteiger partial charge in [0.25, 0.3) is 0 Å². The largest absolute Gasteiger partial charge is 0.392 e. The van der Waals surface area contributed by atoms with Gasteiger partial charge in [-0.3, -0.25) is 0 Å². The third kappa shape index (κ3) is 3.11. The van der Waals surface area contributed by atoms with E-state index in [0.29, 0.717) is 6.04 Å². The van der Waals surface area contributed by atoms with Gasteiger partial charge in [-0.1, -0.05) is 12.8 Å². The molecule has 2 atom stereocenters. The predicted molar refractivity (Wildman–Crippen MR) is 51.1 cm³/mol. The number of nitrogens with one attached hydrogen (secondary N) is 1. The summed E-state index contributed by atoms with van der Waals surface area (Å²) in [5.41, 5.74) is 0. The molecule has 0 aromatic rings. The van der Waals surface area contributed by atoms with Crippen molar-refractivity contribution < 1.29 is 5.11 Å². The number of aliphatic hydroxyl groups excluding tert-OH is 1. The van der Waals surface area contributed by atoms with Crippen molar-refractivity contribution in [2.45, 2.75) is 51.7 Å². The van der Waals surface area contributed by atoms with Crippen molar-refractivity contribution in [3.8, 4) is 0 Å². The highest BCUT2D eigenvalue weighted by Crippen LogP contribution is 2.27. The van der Waals surface area contributed by atoms with E-state index in [1.165, 1.54) is 25.7 Å². The van der Waals surface area contributed by atoms with E-state index in [1.807, 2.05) is 6.92 Å². The summed E-state index contributed by atoms with van der Waals surface area (Å²) >= 11 is 0. The molecule has 1 aliphatic carbocycles. The van der Waals surface area contributed by atoms with E-state index in [4.69, 9.17) is 5.11 Å². The van der Waals surface area contributed by atoms with Crippen LogP contribution in [0.4, 0.5) is 0 Å². The molecule has 2 N–H and O–H groups in total. The highest BCUT2D eigenvalue weighted by Gasteiger charge is 2.20. The zero-order valence-corrected chi connectivity index (χ0v) is 8.21. The van der Waals surface area contributed by atoms with Crippen molar-refractivity contribution in [1.29, 1.82) is 0 Å². The molecule has 0 bridgehead atoms. The van der Waals surface area contributed by atoms with E-state index in [2.05, 4.69) is 12.2 Å². The lowest BCUT2D eigenvalue weighted by Gasteiger charge is -2.21. The first kappa shape index (κ1) is 10.0. The van der Waals surface area contributed by atoms with Crippen molar-refractivity contribution in [3.05, 3.63) is 0 Å². The summed E-state index contributed by atoms with van der Waals surface area (Å²) in [6.07, 6.45) is 5.31. The maximum Gasteiger partial charge on any atom is 0.0636 e. The van der Waals surface area contributed by atoms with E-state index in [0.717, 1.165) is 12.5 Å². The fourth-order valence-corrected chi connectivity index (χ4v) is 1.98. The molecule has 0 radical (unpaired) electrons. The van der Waals surface area contributed by atoms with Crippen LogP contribution < -0.4 is 5.32 Å². The molecule has 1 saturated carbocycles. The summed E-state index contributed by atoms with van der Waals surface area (Å²) in [5, 5.41) is 12.5. The minimum Gasteiger partial charge on any atom is -0.392 e. The van der Waals surface area contributed by atoms with Crippen LogP contribution in [-0.2, 0) is 0 Å². The van der Waals surface area contributed by atoms with Crippen LogP contribution in [0.5, 0.6) is 0 Å². The van der Waals surface area contributed by atoms with Crippen molar-refractivity contribution >= 4 is 0 Å². The van der Waals surface area contributed by atoms with Crippen LogP contribution in [-0.4, -0.2) is 23.8 Å². The maximum atomic E-state index is 9.08. The van der Waals surface area contributed by atoms with Crippen molar-refractivity contribution in [3.63, 3.8) is 0 Å². The molecule has 0 aromatic carbocycles. The maximum absolute atomic E-state index is 9.08. The molecule has 1 rings (SSSR count). The molecule has 1 unspecified atom stereocenters. The van der Waals surface area contributed by atoms with Gasteiger partial charge in [0.2, 0.25) is 0 Å². The lowest BCUT2D eigenvalue weighted by Crippen LogP contribution is -2.36. The average molecular weight is 171 g/mol. The quantitative estimate of drug-likeness (QED) is 0.672. The SMILES string of the molecule is CC(O)CN[C@@H](C)C1CCCC1. The minimum atomic E-state index is -0.214. The second kappa shape index (κ2) is 4.83. The van der Waals surface area contributed by atoms with E-state index < -0.39 is 0 Å². The zero-order chi connectivity index (χ0) is 8.97. The Kier molecular flexibility index (Phi) is 4.02. The van der Waals surface area contributed by atoms with Gasteiger partial charge < -0.3 is 10.4 Å². The summed E-state index contributed by atoms with van der Waals surface area (Å²) in [4.78, 5) is 0. The molecule has 0 saturated heterocycles. The van der Waals surface area contributed by atoms with Gasteiger partial charge in [0, 0.05) is 12.6 Å². The Bertz CT molecular complexity index is 119. The second-order valence-electron chi connectivity index (χ2n) is 4.09. The predicted octanol–water partition coefficient (Wildman–Crippen LogP) is 1.54. The summed E-state index contributed by atoms with van der Waals surface area (Å²) in [5.74, 6) is 0.851. The molecule has 0 heterocycles. The summed E-state index contributed by atoms with van der Waals surface area (Å²) < 4.78 is 0. The molecule has 1 aliphatic rings. The van der Waals surface area contributed by atoms with Gasteiger partial charge in [-0.05, 0) is 32.6 Å². The smallest absolute Gasteiger partial charge is 0.0636 e. The number of rotatable bonds is 4. The van der Waals surface area contributed by atoms with E-state index in [1.54, 1.807) is 0 Å². The molecule has 2 heteroatoms. The van der Waals surface area contributed by atoms with E-state index in [-0.39, 0.29) is 6.10 Å². The van der Waals surface area contributed by atoms with Gasteiger partial charge in [-0.15, -0.1) is 0 Å². The zero-order valence-electron chi connectivity index (χ0n) is 8.21. The van der Waals surface area contributed by atoms with Gasteiger partial charge in [0.15, 0.2) is 0 Å². The Morgan fingerprint density at radius 2 is 1.92 bits per heavy atom. The first-order chi connectivity index (χ1) is 5.70. The first-order valence-corrected chi connectivity index (χ1v) is 5.11.